The predicted octanol–water partition coefficient (Wildman–Crippen LogP) is 3.95. The first-order valence-electron chi connectivity index (χ1n) is 13.5. The number of aromatic amines is 1. The van der Waals surface area contributed by atoms with Crippen LogP contribution in [0.3, 0.4) is 0 Å². The fourth-order valence-corrected chi connectivity index (χ4v) is 4.97. The second kappa shape index (κ2) is 11.5. The third kappa shape index (κ3) is 5.57. The Kier molecular flexibility index (Phi) is 7.88. The van der Waals surface area contributed by atoms with Gasteiger partial charge in [-0.15, -0.1) is 0 Å². The molecule has 1 aromatic carbocycles. The van der Waals surface area contributed by atoms with E-state index in [4.69, 9.17) is 4.74 Å². The average Bonchev–Trinajstić information content (AvgIpc) is 3.61. The molecule has 4 aromatic rings. The van der Waals surface area contributed by atoms with E-state index < -0.39 is 23.0 Å². The maximum absolute atomic E-state index is 15.2. The number of halogens is 1. The highest BCUT2D eigenvalue weighted by molar-refractivity contribution is 6.03. The summed E-state index contributed by atoms with van der Waals surface area (Å²) in [4.78, 5) is 43.7. The summed E-state index contributed by atoms with van der Waals surface area (Å²) >= 11 is 0. The summed E-state index contributed by atoms with van der Waals surface area (Å²) in [5.41, 5.74) is -0.768. The Bertz CT molecular complexity index is 1700. The maximum Gasteiger partial charge on any atom is 0.331 e. The van der Waals surface area contributed by atoms with Crippen LogP contribution in [-0.4, -0.2) is 48.0 Å². The van der Waals surface area contributed by atoms with Gasteiger partial charge in [0.05, 0.1) is 6.61 Å². The van der Waals surface area contributed by atoms with Crippen molar-refractivity contribution in [2.45, 2.75) is 64.6 Å². The number of ether oxygens (including phenoxy) is 1. The van der Waals surface area contributed by atoms with E-state index in [1.54, 1.807) is 26.8 Å². The topological polar surface area (TPSA) is 156 Å². The van der Waals surface area contributed by atoms with E-state index in [0.29, 0.717) is 29.7 Å². The van der Waals surface area contributed by atoms with E-state index in [2.05, 4.69) is 25.8 Å². The van der Waals surface area contributed by atoms with E-state index in [1.165, 1.54) is 33.7 Å². The number of nitrogens with zero attached hydrogens (tertiary/aromatic N) is 4. The number of hydrogen-bond acceptors (Lipinski definition) is 8. The fourth-order valence-electron chi connectivity index (χ4n) is 4.97. The van der Waals surface area contributed by atoms with Crippen molar-refractivity contribution in [3.8, 4) is 11.5 Å². The fraction of sp³-hybridized carbons (Fsp3) is 0.393. The zero-order valence-corrected chi connectivity index (χ0v) is 23.0. The van der Waals surface area contributed by atoms with Crippen LogP contribution in [-0.2, 0) is 0 Å². The minimum atomic E-state index is -0.759. The molecule has 13 heteroatoms. The van der Waals surface area contributed by atoms with Gasteiger partial charge in [0.25, 0.3) is 11.5 Å². The lowest BCUT2D eigenvalue weighted by Crippen LogP contribution is -2.45. The Hall–Kier alpha value is -4.52. The molecule has 0 aliphatic heterocycles. The highest BCUT2D eigenvalue weighted by Crippen LogP contribution is 2.34. The van der Waals surface area contributed by atoms with Gasteiger partial charge in [0, 0.05) is 48.3 Å². The number of nitrogens with one attached hydrogen (secondary N) is 3. The van der Waals surface area contributed by atoms with Gasteiger partial charge < -0.3 is 20.5 Å². The molecule has 216 valence electrons. The Balaban J connectivity index is 1.41. The number of amides is 1. The molecule has 12 nitrogen and oxygen atoms in total. The Morgan fingerprint density at radius 1 is 1.20 bits per heavy atom. The maximum atomic E-state index is 15.2. The van der Waals surface area contributed by atoms with Crippen molar-refractivity contribution < 1.29 is 19.0 Å². The number of aliphatic hydroxyl groups excluding tert-OH is 1. The molecule has 0 radical (unpaired) electrons. The van der Waals surface area contributed by atoms with Crippen LogP contribution in [0.25, 0.3) is 11.0 Å². The first kappa shape index (κ1) is 28.0. The molecule has 3 aromatic heterocycles. The number of pyridine rings is 1. The molecular weight excluding hydrogens is 533 g/mol. The summed E-state index contributed by atoms with van der Waals surface area (Å²) in [6.07, 6.45) is 5.97. The number of aromatic nitrogens is 5. The third-order valence-corrected chi connectivity index (χ3v) is 7.12. The van der Waals surface area contributed by atoms with Crippen LogP contribution >= 0.6 is 0 Å². The summed E-state index contributed by atoms with van der Waals surface area (Å²) in [6, 6.07) is 4.63. The number of H-pyrrole nitrogens is 1. The molecule has 1 aliphatic rings. The van der Waals surface area contributed by atoms with Crippen LogP contribution in [0.4, 0.5) is 15.9 Å². The van der Waals surface area contributed by atoms with Gasteiger partial charge in [0.15, 0.2) is 23.0 Å². The van der Waals surface area contributed by atoms with E-state index in [0.717, 1.165) is 18.9 Å². The summed E-state index contributed by atoms with van der Waals surface area (Å²) in [6.45, 7) is 5.24. The van der Waals surface area contributed by atoms with Gasteiger partial charge in [-0.1, -0.05) is 12.8 Å². The second-order valence-electron chi connectivity index (χ2n) is 10.5. The number of aliphatic hydroxyl groups is 1. The van der Waals surface area contributed by atoms with Crippen LogP contribution in [0, 0.1) is 5.82 Å². The lowest BCUT2D eigenvalue weighted by atomic mass is 10.2. The summed E-state index contributed by atoms with van der Waals surface area (Å²) in [5, 5.41) is 22.4. The van der Waals surface area contributed by atoms with Crippen LogP contribution in [0.1, 0.15) is 68.9 Å². The van der Waals surface area contributed by atoms with Crippen molar-refractivity contribution in [2.75, 3.05) is 17.2 Å². The first-order valence-corrected chi connectivity index (χ1v) is 13.5. The van der Waals surface area contributed by atoms with Gasteiger partial charge in [-0.3, -0.25) is 23.8 Å². The monoisotopic (exact) mass is 565 g/mol. The normalized spacial score (nSPS) is 14.5. The molecule has 0 bridgehead atoms. The summed E-state index contributed by atoms with van der Waals surface area (Å²) in [5.74, 6) is -0.956. The largest absolute Gasteiger partial charge is 0.453 e. The number of benzene rings is 1. The quantitative estimate of drug-likeness (QED) is 0.238. The molecule has 3 heterocycles. The van der Waals surface area contributed by atoms with Gasteiger partial charge in [-0.2, -0.15) is 5.10 Å². The minimum Gasteiger partial charge on any atom is -0.453 e. The van der Waals surface area contributed by atoms with E-state index >= 15 is 4.39 Å². The Morgan fingerprint density at radius 2 is 1.95 bits per heavy atom. The lowest BCUT2D eigenvalue weighted by Gasteiger charge is -2.19. The predicted molar refractivity (Wildman–Crippen MR) is 151 cm³/mol. The van der Waals surface area contributed by atoms with E-state index in [9.17, 15) is 19.5 Å². The molecule has 1 saturated carbocycles. The van der Waals surface area contributed by atoms with Crippen LogP contribution in [0.5, 0.6) is 11.5 Å². The van der Waals surface area contributed by atoms with Crippen molar-refractivity contribution in [1.29, 1.82) is 0 Å². The average molecular weight is 566 g/mol. The molecule has 1 atom stereocenters. The highest BCUT2D eigenvalue weighted by atomic mass is 19.1. The first-order chi connectivity index (χ1) is 19.7. The molecule has 0 saturated heterocycles. The second-order valence-corrected chi connectivity index (χ2v) is 10.5. The van der Waals surface area contributed by atoms with Gasteiger partial charge in [-0.25, -0.2) is 14.2 Å². The van der Waals surface area contributed by atoms with Crippen molar-refractivity contribution in [1.82, 2.24) is 24.3 Å². The number of hydrogen-bond donors (Lipinski definition) is 4. The molecule has 0 unspecified atom stereocenters. The summed E-state index contributed by atoms with van der Waals surface area (Å²) in [7, 11) is 0. The van der Waals surface area contributed by atoms with E-state index in [1.807, 2.05) is 0 Å². The van der Waals surface area contributed by atoms with Crippen LogP contribution < -0.4 is 26.6 Å². The SMILES string of the molecule is CC(C)n1cc(C(=O)Nc2ccc(Oc3ccnc4[nH]nc(N[C@H](C)CO)c34)c(F)c2)c(=O)n(C2CCCC2)c1=O. The molecule has 0 spiro atoms. The molecule has 1 amide bonds. The molecule has 1 fully saturated rings. The van der Waals surface area contributed by atoms with Gasteiger partial charge in [0.2, 0.25) is 0 Å². The van der Waals surface area contributed by atoms with Gasteiger partial charge in [0.1, 0.15) is 16.7 Å². The molecule has 41 heavy (non-hydrogen) atoms. The third-order valence-electron chi connectivity index (χ3n) is 7.12. The van der Waals surface area contributed by atoms with Gasteiger partial charge in [-0.05, 0) is 45.7 Å². The Labute approximate surface area is 234 Å². The Morgan fingerprint density at radius 3 is 2.63 bits per heavy atom. The minimum absolute atomic E-state index is 0.108. The van der Waals surface area contributed by atoms with Crippen molar-refractivity contribution in [2.24, 2.45) is 0 Å². The smallest absolute Gasteiger partial charge is 0.331 e. The van der Waals surface area contributed by atoms with Gasteiger partial charge >= 0.3 is 5.69 Å². The van der Waals surface area contributed by atoms with Crippen LogP contribution in [0.15, 0.2) is 46.2 Å². The van der Waals surface area contributed by atoms with Crippen molar-refractivity contribution >= 4 is 28.4 Å². The number of rotatable bonds is 9. The zero-order chi connectivity index (χ0) is 29.3. The number of carbonyl (C=O) groups excluding carboxylic acids is 1. The lowest BCUT2D eigenvalue weighted by molar-refractivity contribution is 0.102. The number of anilines is 2. The number of fused-ring (bicyclic) bond motifs is 1. The van der Waals surface area contributed by atoms with E-state index in [-0.39, 0.29) is 47.5 Å². The van der Waals surface area contributed by atoms with Crippen LogP contribution in [0.2, 0.25) is 0 Å². The van der Waals surface area contributed by atoms with Crippen molar-refractivity contribution in [3.63, 3.8) is 0 Å². The molecule has 1 aliphatic carbocycles. The summed E-state index contributed by atoms with van der Waals surface area (Å²) < 4.78 is 23.6. The molecule has 4 N–H and O–H groups in total. The van der Waals surface area contributed by atoms with Crippen molar-refractivity contribution in [3.05, 3.63) is 68.9 Å². The highest BCUT2D eigenvalue weighted by Gasteiger charge is 2.26. The standard InChI is InChI=1S/C28H32FN7O5/c1-15(2)35-13-19(27(39)36(28(35)40)18-6-4-5-7-18)26(38)32-17-8-9-21(20(29)12-17)41-22-10-11-30-24-23(22)25(34-33-24)31-16(3)14-37/h8-13,15-16,18,37H,4-7,14H2,1-3H3,(H,32,38)(H2,30,31,33,34)/t16-/m1/s1. The molecular formula is C28H32FN7O5. The zero-order valence-electron chi connectivity index (χ0n) is 23.0. The molecule has 5 rings (SSSR count). The number of carbonyl (C=O) groups is 1.